The van der Waals surface area contributed by atoms with E-state index in [0.717, 1.165) is 22.2 Å². The lowest BCUT2D eigenvalue weighted by atomic mass is 10.2. The van der Waals surface area contributed by atoms with Crippen LogP contribution in [0.3, 0.4) is 0 Å². The maximum atomic E-state index is 5.92. The number of hydrogen-bond acceptors (Lipinski definition) is 2. The lowest BCUT2D eigenvalue weighted by Crippen LogP contribution is -2.00. The first-order valence-electron chi connectivity index (χ1n) is 6.01. The second-order valence-electron chi connectivity index (χ2n) is 4.30. The second kappa shape index (κ2) is 5.27. The van der Waals surface area contributed by atoms with Crippen LogP contribution in [0.2, 0.25) is 5.02 Å². The normalized spacial score (nSPS) is 11.1. The molecule has 0 aliphatic rings. The largest absolute Gasteiger partial charge is 0.314 e. The number of nitrogens with zero attached hydrogens (tertiary/aromatic N) is 2. The molecule has 1 heterocycles. The van der Waals surface area contributed by atoms with Gasteiger partial charge in [0.25, 0.3) is 0 Å². The van der Waals surface area contributed by atoms with Gasteiger partial charge in [0.05, 0.1) is 17.6 Å². The zero-order valence-electron chi connectivity index (χ0n) is 10.5. The van der Waals surface area contributed by atoms with Crippen LogP contribution < -0.4 is 0 Å². The summed E-state index contributed by atoms with van der Waals surface area (Å²) >= 11 is 7.59. The van der Waals surface area contributed by atoms with Crippen molar-refractivity contribution in [2.24, 2.45) is 0 Å². The topological polar surface area (TPSA) is 17.8 Å². The third-order valence-corrected chi connectivity index (χ3v) is 3.98. The molecule has 0 unspecified atom stereocenters. The Morgan fingerprint density at radius 2 is 1.84 bits per heavy atom. The Labute approximate surface area is 121 Å². The first kappa shape index (κ1) is 12.6. The standard InChI is InChI=1S/C15H13ClN2S/c1-19-15-17-13-4-2-3-5-14(13)18(15)10-11-6-8-12(16)9-7-11/h2-9H,10H2,1H3. The van der Waals surface area contributed by atoms with Gasteiger partial charge in [-0.05, 0) is 36.1 Å². The summed E-state index contributed by atoms with van der Waals surface area (Å²) in [4.78, 5) is 4.64. The summed E-state index contributed by atoms with van der Waals surface area (Å²) in [5.41, 5.74) is 3.44. The minimum atomic E-state index is 0.768. The average Bonchev–Trinajstić information content (AvgIpc) is 2.79. The van der Waals surface area contributed by atoms with Crippen LogP contribution in [0.1, 0.15) is 5.56 Å². The van der Waals surface area contributed by atoms with Crippen molar-refractivity contribution in [3.8, 4) is 0 Å². The van der Waals surface area contributed by atoms with Gasteiger partial charge in [-0.3, -0.25) is 0 Å². The molecule has 4 heteroatoms. The third kappa shape index (κ3) is 2.48. The minimum Gasteiger partial charge on any atom is -0.314 e. The fraction of sp³-hybridized carbons (Fsp3) is 0.133. The summed E-state index contributed by atoms with van der Waals surface area (Å²) < 4.78 is 2.24. The molecule has 0 radical (unpaired) electrons. The fourth-order valence-corrected chi connectivity index (χ4v) is 2.83. The molecule has 0 spiro atoms. The molecule has 0 N–H and O–H groups in total. The molecule has 0 saturated carbocycles. The van der Waals surface area contributed by atoms with Gasteiger partial charge in [0, 0.05) is 5.02 Å². The number of halogens is 1. The Morgan fingerprint density at radius 1 is 1.11 bits per heavy atom. The van der Waals surface area contributed by atoms with Gasteiger partial charge in [-0.2, -0.15) is 0 Å². The highest BCUT2D eigenvalue weighted by Crippen LogP contribution is 2.23. The summed E-state index contributed by atoms with van der Waals surface area (Å²) in [5, 5.41) is 1.81. The zero-order chi connectivity index (χ0) is 13.2. The van der Waals surface area contributed by atoms with Crippen molar-refractivity contribution in [2.45, 2.75) is 11.7 Å². The minimum absolute atomic E-state index is 0.768. The van der Waals surface area contributed by atoms with Gasteiger partial charge in [-0.1, -0.05) is 47.6 Å². The van der Waals surface area contributed by atoms with Crippen molar-refractivity contribution in [3.63, 3.8) is 0 Å². The van der Waals surface area contributed by atoms with E-state index in [4.69, 9.17) is 11.6 Å². The fourth-order valence-electron chi connectivity index (χ4n) is 2.13. The van der Waals surface area contributed by atoms with Gasteiger partial charge in [-0.15, -0.1) is 0 Å². The van der Waals surface area contributed by atoms with Crippen LogP contribution in [0.25, 0.3) is 11.0 Å². The highest BCUT2D eigenvalue weighted by molar-refractivity contribution is 7.98. The number of hydrogen-bond donors (Lipinski definition) is 0. The molecule has 2 nitrogen and oxygen atoms in total. The van der Waals surface area contributed by atoms with Crippen LogP contribution in [0, 0.1) is 0 Å². The van der Waals surface area contributed by atoms with Crippen LogP contribution in [0.15, 0.2) is 53.7 Å². The Kier molecular flexibility index (Phi) is 3.49. The summed E-state index contributed by atoms with van der Waals surface area (Å²) in [6.07, 6.45) is 2.06. The lowest BCUT2D eigenvalue weighted by Gasteiger charge is -2.07. The Bertz CT molecular complexity index is 704. The summed E-state index contributed by atoms with van der Waals surface area (Å²) in [5.74, 6) is 0. The van der Waals surface area contributed by atoms with Crippen LogP contribution in [0.5, 0.6) is 0 Å². The molecule has 0 saturated heterocycles. The van der Waals surface area contributed by atoms with E-state index in [1.54, 1.807) is 11.8 Å². The number of aromatic nitrogens is 2. The van der Waals surface area contributed by atoms with E-state index in [0.29, 0.717) is 0 Å². The molecule has 2 aromatic carbocycles. The van der Waals surface area contributed by atoms with Crippen molar-refractivity contribution < 1.29 is 0 Å². The smallest absolute Gasteiger partial charge is 0.169 e. The highest BCUT2D eigenvalue weighted by atomic mass is 35.5. The van der Waals surface area contributed by atoms with E-state index >= 15 is 0 Å². The van der Waals surface area contributed by atoms with Gasteiger partial charge in [0.1, 0.15) is 0 Å². The molecule has 3 aromatic rings. The number of fused-ring (bicyclic) bond motifs is 1. The molecule has 3 rings (SSSR count). The van der Waals surface area contributed by atoms with Crippen LogP contribution in [0.4, 0.5) is 0 Å². The first-order chi connectivity index (χ1) is 9.28. The molecule has 96 valence electrons. The zero-order valence-corrected chi connectivity index (χ0v) is 12.1. The first-order valence-corrected chi connectivity index (χ1v) is 7.62. The number of benzene rings is 2. The van der Waals surface area contributed by atoms with E-state index < -0.39 is 0 Å². The van der Waals surface area contributed by atoms with Gasteiger partial charge in [0.2, 0.25) is 0 Å². The molecule has 0 fully saturated rings. The predicted octanol–water partition coefficient (Wildman–Crippen LogP) is 4.46. The quantitative estimate of drug-likeness (QED) is 0.662. The molecule has 0 amide bonds. The monoisotopic (exact) mass is 288 g/mol. The van der Waals surface area contributed by atoms with Crippen molar-refractivity contribution in [3.05, 3.63) is 59.1 Å². The van der Waals surface area contributed by atoms with Crippen molar-refractivity contribution in [1.82, 2.24) is 9.55 Å². The molecule has 0 atom stereocenters. The Balaban J connectivity index is 2.06. The predicted molar refractivity (Wildman–Crippen MR) is 82.1 cm³/mol. The second-order valence-corrected chi connectivity index (χ2v) is 5.51. The Morgan fingerprint density at radius 3 is 2.58 bits per heavy atom. The van der Waals surface area contributed by atoms with Gasteiger partial charge in [0.15, 0.2) is 5.16 Å². The number of rotatable bonds is 3. The molecule has 19 heavy (non-hydrogen) atoms. The third-order valence-electron chi connectivity index (χ3n) is 3.06. The van der Waals surface area contributed by atoms with E-state index in [-0.39, 0.29) is 0 Å². The molecule has 0 aliphatic heterocycles. The van der Waals surface area contributed by atoms with E-state index in [2.05, 4.69) is 34.0 Å². The molecule has 0 bridgehead atoms. The van der Waals surface area contributed by atoms with Crippen LogP contribution in [-0.4, -0.2) is 15.8 Å². The molecular weight excluding hydrogens is 276 g/mol. The van der Waals surface area contributed by atoms with Crippen LogP contribution in [-0.2, 0) is 6.54 Å². The SMILES string of the molecule is CSc1nc2ccccc2n1Cc1ccc(Cl)cc1. The average molecular weight is 289 g/mol. The maximum absolute atomic E-state index is 5.92. The van der Waals surface area contributed by atoms with Gasteiger partial charge < -0.3 is 4.57 Å². The summed E-state index contributed by atoms with van der Waals surface area (Å²) in [7, 11) is 0. The van der Waals surface area contributed by atoms with Crippen molar-refractivity contribution >= 4 is 34.4 Å². The summed E-state index contributed by atoms with van der Waals surface area (Å²) in [6.45, 7) is 0.813. The molecule has 0 aliphatic carbocycles. The van der Waals surface area contributed by atoms with Crippen molar-refractivity contribution in [1.29, 1.82) is 0 Å². The number of thioether (sulfide) groups is 1. The number of imidazole rings is 1. The molecule has 1 aromatic heterocycles. The van der Waals surface area contributed by atoms with Gasteiger partial charge in [-0.25, -0.2) is 4.98 Å². The molecular formula is C15H13ClN2S. The Hall–Kier alpha value is -1.45. The highest BCUT2D eigenvalue weighted by Gasteiger charge is 2.09. The van der Waals surface area contributed by atoms with E-state index in [9.17, 15) is 0 Å². The van der Waals surface area contributed by atoms with Crippen LogP contribution >= 0.6 is 23.4 Å². The lowest BCUT2D eigenvalue weighted by molar-refractivity contribution is 0.732. The summed E-state index contributed by atoms with van der Waals surface area (Å²) in [6, 6.07) is 16.2. The van der Waals surface area contributed by atoms with Gasteiger partial charge >= 0.3 is 0 Å². The van der Waals surface area contributed by atoms with Crippen molar-refractivity contribution in [2.75, 3.05) is 6.26 Å². The maximum Gasteiger partial charge on any atom is 0.169 e. The van der Waals surface area contributed by atoms with E-state index in [1.165, 1.54) is 11.1 Å². The van der Waals surface area contributed by atoms with E-state index in [1.807, 2.05) is 30.3 Å². The number of para-hydroxylation sites is 2.